The second kappa shape index (κ2) is 9.05. The van der Waals surface area contributed by atoms with Crippen LogP contribution in [0.2, 0.25) is 0 Å². The Kier molecular flexibility index (Phi) is 5.84. The van der Waals surface area contributed by atoms with Crippen LogP contribution in [0.4, 0.5) is 20.2 Å². The fraction of sp³-hybridized carbons (Fsp3) is 0. The molecule has 0 fully saturated rings. The molecule has 4 rings (SSSR count). The second-order valence-electron chi connectivity index (χ2n) is 7.25. The van der Waals surface area contributed by atoms with E-state index in [9.17, 15) is 19.3 Å². The summed E-state index contributed by atoms with van der Waals surface area (Å²) in [4.78, 5) is 6.42. The minimum absolute atomic E-state index is 0.231. The molecular formula is C28H12F2N4. The largest absolute Gasteiger partial charge is 0.235 e. The summed E-state index contributed by atoms with van der Waals surface area (Å²) in [5.41, 5.74) is 2.77. The molecule has 34 heavy (non-hydrogen) atoms. The quantitative estimate of drug-likeness (QED) is 0.304. The Bertz CT molecular complexity index is 1430. The lowest BCUT2D eigenvalue weighted by Crippen LogP contribution is -1.92. The lowest BCUT2D eigenvalue weighted by Gasteiger charge is -2.16. The van der Waals surface area contributed by atoms with Crippen LogP contribution in [0.5, 0.6) is 0 Å². The first-order valence-electron chi connectivity index (χ1n) is 9.93. The molecule has 0 aliphatic carbocycles. The SMILES string of the molecule is [C-]#[N+]c1cc(-c2ccccc2-c2ccccc2-c2cc(C#N)c(F)c([N+]#[C-])c2)cc(C#N)c1F. The summed E-state index contributed by atoms with van der Waals surface area (Å²) in [6.45, 7) is 14.5. The fourth-order valence-electron chi connectivity index (χ4n) is 3.79. The summed E-state index contributed by atoms with van der Waals surface area (Å²) in [6, 6.07) is 23.7. The van der Waals surface area contributed by atoms with Crippen molar-refractivity contribution in [3.8, 4) is 45.5 Å². The number of benzene rings is 4. The molecular weight excluding hydrogens is 430 g/mol. The van der Waals surface area contributed by atoms with Crippen molar-refractivity contribution < 1.29 is 8.78 Å². The third kappa shape index (κ3) is 3.74. The molecule has 0 saturated heterocycles. The van der Waals surface area contributed by atoms with E-state index in [1.165, 1.54) is 24.3 Å². The van der Waals surface area contributed by atoms with Gasteiger partial charge in [0.25, 0.3) is 0 Å². The molecule has 0 atom stereocenters. The Morgan fingerprint density at radius 2 is 0.941 bits per heavy atom. The van der Waals surface area contributed by atoms with Gasteiger partial charge < -0.3 is 0 Å². The molecule has 0 radical (unpaired) electrons. The first kappa shape index (κ1) is 21.9. The van der Waals surface area contributed by atoms with E-state index in [0.29, 0.717) is 22.3 Å². The summed E-state index contributed by atoms with van der Waals surface area (Å²) in [5.74, 6) is -1.72. The van der Waals surface area contributed by atoms with Crippen molar-refractivity contribution in [2.45, 2.75) is 0 Å². The average molecular weight is 442 g/mol. The first-order valence-corrected chi connectivity index (χ1v) is 9.93. The van der Waals surface area contributed by atoms with Crippen molar-refractivity contribution in [3.05, 3.63) is 118 Å². The van der Waals surface area contributed by atoms with Crippen molar-refractivity contribution in [2.24, 2.45) is 0 Å². The Balaban J connectivity index is 1.99. The Hall–Kier alpha value is -5.30. The van der Waals surface area contributed by atoms with E-state index in [4.69, 9.17) is 13.1 Å². The molecule has 0 heterocycles. The summed E-state index contributed by atoms with van der Waals surface area (Å²) in [6.07, 6.45) is 0. The van der Waals surface area contributed by atoms with Crippen LogP contribution in [0.25, 0.3) is 43.1 Å². The Morgan fingerprint density at radius 3 is 1.26 bits per heavy atom. The molecule has 158 valence electrons. The van der Waals surface area contributed by atoms with E-state index in [1.54, 1.807) is 36.4 Å². The molecule has 0 saturated carbocycles. The van der Waals surface area contributed by atoms with Gasteiger partial charge >= 0.3 is 0 Å². The molecule has 0 bridgehead atoms. The average Bonchev–Trinajstić information content (AvgIpc) is 2.89. The standard InChI is InChI=1S/C28H12F2N4/c1-33-25-13-17(11-19(15-31)27(25)29)21-7-3-5-9-23(21)24-10-6-4-8-22(24)18-12-20(16-32)28(30)26(14-18)34-2/h3-14H. The van der Waals surface area contributed by atoms with Crippen molar-refractivity contribution in [2.75, 3.05) is 0 Å². The van der Waals surface area contributed by atoms with Crippen molar-refractivity contribution >= 4 is 11.4 Å². The second-order valence-corrected chi connectivity index (χ2v) is 7.25. The van der Waals surface area contributed by atoms with Gasteiger partial charge in [0.15, 0.2) is 0 Å². The molecule has 4 aromatic rings. The predicted octanol–water partition coefficient (Wildman–Crippen LogP) is 7.81. The number of nitrogens with zero attached hydrogens (tertiary/aromatic N) is 4. The van der Waals surface area contributed by atoms with Crippen LogP contribution in [-0.4, -0.2) is 0 Å². The smallest absolute Gasteiger partial charge is 0.224 e. The van der Waals surface area contributed by atoms with E-state index in [2.05, 4.69) is 9.69 Å². The Morgan fingerprint density at radius 1 is 0.588 bits per heavy atom. The van der Waals surface area contributed by atoms with Crippen LogP contribution in [0, 0.1) is 47.4 Å². The monoisotopic (exact) mass is 442 g/mol. The van der Waals surface area contributed by atoms with Crippen molar-refractivity contribution in [3.63, 3.8) is 0 Å². The number of hydrogen-bond acceptors (Lipinski definition) is 2. The minimum Gasteiger partial charge on any atom is -0.235 e. The highest BCUT2D eigenvalue weighted by Crippen LogP contribution is 2.41. The van der Waals surface area contributed by atoms with E-state index in [0.717, 1.165) is 11.1 Å². The number of nitriles is 2. The highest BCUT2D eigenvalue weighted by molar-refractivity contribution is 5.93. The zero-order valence-corrected chi connectivity index (χ0v) is 17.5. The topological polar surface area (TPSA) is 56.3 Å². The van der Waals surface area contributed by atoms with Crippen LogP contribution in [-0.2, 0) is 0 Å². The van der Waals surface area contributed by atoms with Gasteiger partial charge in [-0.15, -0.1) is 0 Å². The minimum atomic E-state index is -0.860. The van der Waals surface area contributed by atoms with Gasteiger partial charge in [-0.3, -0.25) is 0 Å². The third-order valence-electron chi connectivity index (χ3n) is 5.35. The highest BCUT2D eigenvalue weighted by Gasteiger charge is 2.18. The summed E-state index contributed by atoms with van der Waals surface area (Å²) in [5, 5.41) is 18.7. The van der Waals surface area contributed by atoms with E-state index in [1.807, 2.05) is 24.3 Å². The summed E-state index contributed by atoms with van der Waals surface area (Å²) < 4.78 is 28.7. The van der Waals surface area contributed by atoms with Crippen LogP contribution in [0.3, 0.4) is 0 Å². The van der Waals surface area contributed by atoms with Gasteiger partial charge in [0.1, 0.15) is 23.8 Å². The summed E-state index contributed by atoms with van der Waals surface area (Å²) in [7, 11) is 0. The van der Waals surface area contributed by atoms with Crippen molar-refractivity contribution in [1.82, 2.24) is 0 Å². The maximum absolute atomic E-state index is 14.3. The normalized spacial score (nSPS) is 9.94. The van der Waals surface area contributed by atoms with Crippen molar-refractivity contribution in [1.29, 1.82) is 10.5 Å². The Labute approximate surface area is 194 Å². The number of halogens is 2. The van der Waals surface area contributed by atoms with Crippen LogP contribution in [0.1, 0.15) is 11.1 Å². The van der Waals surface area contributed by atoms with Gasteiger partial charge in [0.2, 0.25) is 11.4 Å². The first-order chi connectivity index (χ1) is 16.5. The molecule has 4 nitrogen and oxygen atoms in total. The lowest BCUT2D eigenvalue weighted by molar-refractivity contribution is 0.629. The zero-order valence-electron chi connectivity index (χ0n) is 17.5. The van der Waals surface area contributed by atoms with E-state index < -0.39 is 11.6 Å². The van der Waals surface area contributed by atoms with Gasteiger partial charge in [0, 0.05) is 0 Å². The van der Waals surface area contributed by atoms with Crippen LogP contribution >= 0.6 is 0 Å². The van der Waals surface area contributed by atoms with Gasteiger partial charge in [-0.25, -0.2) is 18.5 Å². The molecule has 6 heteroatoms. The van der Waals surface area contributed by atoms with Crippen LogP contribution in [0.15, 0.2) is 72.8 Å². The van der Waals surface area contributed by atoms with Gasteiger partial charge in [-0.2, -0.15) is 10.5 Å². The zero-order chi connectivity index (χ0) is 24.2. The van der Waals surface area contributed by atoms with Gasteiger partial charge in [-0.1, -0.05) is 48.5 Å². The molecule has 0 amide bonds. The van der Waals surface area contributed by atoms with E-state index in [-0.39, 0.29) is 22.5 Å². The van der Waals surface area contributed by atoms with Gasteiger partial charge in [0.05, 0.1) is 24.3 Å². The predicted molar refractivity (Wildman–Crippen MR) is 125 cm³/mol. The molecule has 0 aliphatic rings. The van der Waals surface area contributed by atoms with Crippen LogP contribution < -0.4 is 0 Å². The highest BCUT2D eigenvalue weighted by atomic mass is 19.1. The fourth-order valence-corrected chi connectivity index (χ4v) is 3.79. The maximum atomic E-state index is 14.3. The van der Waals surface area contributed by atoms with E-state index >= 15 is 0 Å². The summed E-state index contributed by atoms with van der Waals surface area (Å²) >= 11 is 0. The molecule has 0 aliphatic heterocycles. The molecule has 0 N–H and O–H groups in total. The lowest BCUT2D eigenvalue weighted by atomic mass is 9.88. The molecule has 0 spiro atoms. The van der Waals surface area contributed by atoms with Gasteiger partial charge in [-0.05, 0) is 57.6 Å². The molecule has 4 aromatic carbocycles. The number of rotatable bonds is 3. The third-order valence-corrected chi connectivity index (χ3v) is 5.35. The molecule has 0 unspecified atom stereocenters. The molecule has 0 aromatic heterocycles. The maximum Gasteiger partial charge on any atom is 0.224 e. The number of hydrogen-bond donors (Lipinski definition) is 0.